The summed E-state index contributed by atoms with van der Waals surface area (Å²) < 4.78 is 0. The maximum Gasteiger partial charge on any atom is 0.260 e. The molecule has 0 saturated carbocycles. The number of hydrogen-bond donors (Lipinski definition) is 1. The van der Waals surface area contributed by atoms with Crippen LogP contribution < -0.4 is 5.32 Å². The fraction of sp³-hybridized carbons (Fsp3) is 0.500. The standard InChI is InChI=1S/C20H26N2O2/c1-3-5-12-21-17-11-10-16-18-14(17)8-7-9-15(18)19(23)22(20(16)24)13-6-4-2/h7-9,11,16,21H,3-6,10,12-13H2,1-2H3. The fourth-order valence-corrected chi connectivity index (χ4v) is 3.58. The number of carbonyl (C=O) groups excluding carboxylic acids is 2. The molecule has 0 radical (unpaired) electrons. The second-order valence-corrected chi connectivity index (χ2v) is 6.60. The third-order valence-corrected chi connectivity index (χ3v) is 4.92. The molecule has 3 rings (SSSR count). The van der Waals surface area contributed by atoms with Crippen LogP contribution in [0.25, 0.3) is 5.70 Å². The van der Waals surface area contributed by atoms with Crippen molar-refractivity contribution >= 4 is 17.5 Å². The highest BCUT2D eigenvalue weighted by atomic mass is 16.2. The van der Waals surface area contributed by atoms with Gasteiger partial charge in [0.05, 0.1) is 5.92 Å². The van der Waals surface area contributed by atoms with Crippen LogP contribution in [0.2, 0.25) is 0 Å². The highest BCUT2D eigenvalue weighted by molar-refractivity contribution is 6.12. The summed E-state index contributed by atoms with van der Waals surface area (Å²) in [6.07, 6.45) is 6.88. The van der Waals surface area contributed by atoms with E-state index < -0.39 is 0 Å². The molecular formula is C20H26N2O2. The van der Waals surface area contributed by atoms with Gasteiger partial charge in [-0.05, 0) is 30.9 Å². The number of rotatable bonds is 7. The van der Waals surface area contributed by atoms with E-state index >= 15 is 0 Å². The van der Waals surface area contributed by atoms with Crippen molar-refractivity contribution in [2.24, 2.45) is 0 Å². The molecule has 0 fully saturated rings. The van der Waals surface area contributed by atoms with Gasteiger partial charge in [0.2, 0.25) is 5.91 Å². The van der Waals surface area contributed by atoms with Gasteiger partial charge in [-0.1, -0.05) is 44.9 Å². The molecule has 1 heterocycles. The van der Waals surface area contributed by atoms with Gasteiger partial charge in [-0.15, -0.1) is 0 Å². The van der Waals surface area contributed by atoms with Gasteiger partial charge in [-0.2, -0.15) is 0 Å². The number of nitrogens with one attached hydrogen (secondary N) is 1. The number of benzene rings is 1. The second-order valence-electron chi connectivity index (χ2n) is 6.60. The van der Waals surface area contributed by atoms with Crippen LogP contribution in [0.3, 0.4) is 0 Å². The second kappa shape index (κ2) is 7.20. The molecule has 0 saturated heterocycles. The minimum absolute atomic E-state index is 0.0303. The predicted octanol–water partition coefficient (Wildman–Crippen LogP) is 3.69. The van der Waals surface area contributed by atoms with E-state index in [2.05, 4.69) is 25.2 Å². The Hall–Kier alpha value is -2.10. The minimum Gasteiger partial charge on any atom is -0.385 e. The van der Waals surface area contributed by atoms with Gasteiger partial charge in [0.15, 0.2) is 0 Å². The van der Waals surface area contributed by atoms with Crippen LogP contribution in [-0.4, -0.2) is 29.8 Å². The Labute approximate surface area is 143 Å². The molecule has 128 valence electrons. The SMILES string of the molecule is CCCCNC1=CCC2C(=O)N(CCCC)C(=O)c3cccc1c32. The van der Waals surface area contributed by atoms with E-state index in [1.165, 1.54) is 4.90 Å². The summed E-state index contributed by atoms with van der Waals surface area (Å²) in [5.41, 5.74) is 3.73. The summed E-state index contributed by atoms with van der Waals surface area (Å²) in [6.45, 7) is 5.68. The third-order valence-electron chi connectivity index (χ3n) is 4.92. The molecule has 24 heavy (non-hydrogen) atoms. The normalized spacial score (nSPS) is 19.2. The van der Waals surface area contributed by atoms with Crippen molar-refractivity contribution in [1.29, 1.82) is 0 Å². The van der Waals surface area contributed by atoms with Gasteiger partial charge in [-0.3, -0.25) is 14.5 Å². The highest BCUT2D eigenvalue weighted by Gasteiger charge is 2.41. The Morgan fingerprint density at radius 2 is 1.88 bits per heavy atom. The summed E-state index contributed by atoms with van der Waals surface area (Å²) in [7, 11) is 0. The van der Waals surface area contributed by atoms with E-state index in [1.807, 2.05) is 18.2 Å². The lowest BCUT2D eigenvalue weighted by Gasteiger charge is -2.36. The van der Waals surface area contributed by atoms with Crippen molar-refractivity contribution < 1.29 is 9.59 Å². The Morgan fingerprint density at radius 3 is 2.62 bits per heavy atom. The quantitative estimate of drug-likeness (QED) is 0.614. The Kier molecular flexibility index (Phi) is 5.03. The molecule has 2 amide bonds. The Balaban J connectivity index is 1.95. The lowest BCUT2D eigenvalue weighted by Crippen LogP contribution is -2.46. The van der Waals surface area contributed by atoms with Crippen molar-refractivity contribution in [2.45, 2.75) is 51.9 Å². The van der Waals surface area contributed by atoms with E-state index in [-0.39, 0.29) is 17.7 Å². The Bertz CT molecular complexity index is 678. The number of imide groups is 1. The van der Waals surface area contributed by atoms with Crippen LogP contribution in [0, 0.1) is 0 Å². The fourth-order valence-electron chi connectivity index (χ4n) is 3.58. The molecule has 1 aromatic carbocycles. The maximum atomic E-state index is 12.8. The first-order valence-corrected chi connectivity index (χ1v) is 9.12. The average Bonchev–Trinajstić information content (AvgIpc) is 2.60. The van der Waals surface area contributed by atoms with Gasteiger partial charge in [0.25, 0.3) is 5.91 Å². The molecule has 0 bridgehead atoms. The molecule has 0 spiro atoms. The van der Waals surface area contributed by atoms with Crippen molar-refractivity contribution in [3.63, 3.8) is 0 Å². The van der Waals surface area contributed by atoms with E-state index in [0.29, 0.717) is 18.5 Å². The van der Waals surface area contributed by atoms with E-state index in [0.717, 1.165) is 49.1 Å². The van der Waals surface area contributed by atoms with Crippen molar-refractivity contribution in [1.82, 2.24) is 10.2 Å². The lowest BCUT2D eigenvalue weighted by molar-refractivity contribution is -0.130. The van der Waals surface area contributed by atoms with Gasteiger partial charge in [-0.25, -0.2) is 0 Å². The molecule has 2 aliphatic rings. The predicted molar refractivity (Wildman–Crippen MR) is 95.6 cm³/mol. The summed E-state index contributed by atoms with van der Waals surface area (Å²) >= 11 is 0. The van der Waals surface area contributed by atoms with E-state index in [4.69, 9.17) is 0 Å². The Morgan fingerprint density at radius 1 is 1.12 bits per heavy atom. The monoisotopic (exact) mass is 326 g/mol. The number of allylic oxidation sites excluding steroid dienone is 1. The number of carbonyl (C=O) groups is 2. The smallest absolute Gasteiger partial charge is 0.260 e. The van der Waals surface area contributed by atoms with Crippen molar-refractivity contribution in [3.05, 3.63) is 41.0 Å². The van der Waals surface area contributed by atoms with E-state index in [1.54, 1.807) is 0 Å². The zero-order chi connectivity index (χ0) is 17.1. The number of nitrogens with zero attached hydrogens (tertiary/aromatic N) is 1. The minimum atomic E-state index is -0.206. The van der Waals surface area contributed by atoms with Gasteiger partial charge in [0.1, 0.15) is 0 Å². The zero-order valence-electron chi connectivity index (χ0n) is 14.6. The topological polar surface area (TPSA) is 49.4 Å². The lowest BCUT2D eigenvalue weighted by atomic mass is 9.78. The molecular weight excluding hydrogens is 300 g/mol. The largest absolute Gasteiger partial charge is 0.385 e. The molecule has 1 aliphatic carbocycles. The number of hydrogen-bond acceptors (Lipinski definition) is 3. The third kappa shape index (κ3) is 2.85. The number of unbranched alkanes of at least 4 members (excludes halogenated alkanes) is 2. The maximum absolute atomic E-state index is 12.8. The van der Waals surface area contributed by atoms with Gasteiger partial charge >= 0.3 is 0 Å². The first-order chi connectivity index (χ1) is 11.7. The van der Waals surface area contributed by atoms with Gasteiger partial charge < -0.3 is 5.32 Å². The first-order valence-electron chi connectivity index (χ1n) is 9.12. The highest BCUT2D eigenvalue weighted by Crippen LogP contribution is 2.40. The van der Waals surface area contributed by atoms with Crippen LogP contribution in [0.15, 0.2) is 24.3 Å². The summed E-state index contributed by atoms with van der Waals surface area (Å²) in [6, 6.07) is 5.82. The summed E-state index contributed by atoms with van der Waals surface area (Å²) in [5, 5.41) is 3.47. The average molecular weight is 326 g/mol. The molecule has 1 unspecified atom stereocenters. The van der Waals surface area contributed by atoms with Crippen LogP contribution in [0.4, 0.5) is 0 Å². The molecule has 4 heteroatoms. The van der Waals surface area contributed by atoms with Crippen molar-refractivity contribution in [2.75, 3.05) is 13.1 Å². The molecule has 1 aromatic rings. The van der Waals surface area contributed by atoms with Crippen LogP contribution in [-0.2, 0) is 4.79 Å². The first kappa shape index (κ1) is 16.7. The summed E-state index contributed by atoms with van der Waals surface area (Å²) in [5.74, 6) is -0.365. The number of amides is 2. The summed E-state index contributed by atoms with van der Waals surface area (Å²) in [4.78, 5) is 27.1. The molecule has 4 nitrogen and oxygen atoms in total. The van der Waals surface area contributed by atoms with Crippen molar-refractivity contribution in [3.8, 4) is 0 Å². The van der Waals surface area contributed by atoms with Gasteiger partial charge in [0, 0.05) is 29.9 Å². The zero-order valence-corrected chi connectivity index (χ0v) is 14.6. The van der Waals surface area contributed by atoms with Crippen LogP contribution in [0.1, 0.15) is 73.4 Å². The van der Waals surface area contributed by atoms with Crippen LogP contribution >= 0.6 is 0 Å². The molecule has 0 aromatic heterocycles. The van der Waals surface area contributed by atoms with Crippen LogP contribution in [0.5, 0.6) is 0 Å². The molecule has 1 atom stereocenters. The molecule has 1 N–H and O–H groups in total. The molecule has 1 aliphatic heterocycles. The van der Waals surface area contributed by atoms with E-state index in [9.17, 15) is 9.59 Å².